The van der Waals surface area contributed by atoms with Crippen molar-refractivity contribution < 1.29 is 38.8 Å². The zero-order chi connectivity index (χ0) is 24.4. The molecule has 0 spiro atoms. The minimum atomic E-state index is -1.000. The molecule has 0 atom stereocenters. The van der Waals surface area contributed by atoms with Crippen LogP contribution in [0.15, 0.2) is 36.4 Å². The number of hydrogen-bond donors (Lipinski definition) is 4. The highest BCUT2D eigenvalue weighted by atomic mass is 19.1. The van der Waals surface area contributed by atoms with Crippen molar-refractivity contribution in [3.63, 3.8) is 0 Å². The number of ether oxygens (including phenoxy) is 2. The van der Waals surface area contributed by atoms with Crippen molar-refractivity contribution in [1.29, 1.82) is 0 Å². The number of anilines is 1. The first-order chi connectivity index (χ1) is 15.5. The smallest absolute Gasteiger partial charge is 0.307 e. The summed E-state index contributed by atoms with van der Waals surface area (Å²) in [5.74, 6) is -1.57. The molecule has 0 aliphatic carbocycles. The number of carboxylic acid groups (broad SMARTS) is 1. The van der Waals surface area contributed by atoms with Gasteiger partial charge in [-0.2, -0.15) is 0 Å². The third-order valence-corrected chi connectivity index (χ3v) is 3.85. The molecule has 2 aromatic carbocycles. The normalized spacial score (nSPS) is 9.56. The maximum atomic E-state index is 13.7. The predicted molar refractivity (Wildman–Crippen MR) is 120 cm³/mol. The molecule has 0 radical (unpaired) electrons. The van der Waals surface area contributed by atoms with E-state index >= 15 is 0 Å². The van der Waals surface area contributed by atoms with Crippen molar-refractivity contribution in [2.75, 3.05) is 38.8 Å². The number of nitrogens with one attached hydrogen (secondary N) is 1. The Morgan fingerprint density at radius 2 is 1.81 bits per heavy atom. The summed E-state index contributed by atoms with van der Waals surface area (Å²) in [7, 11) is 1.00. The van der Waals surface area contributed by atoms with Gasteiger partial charge in [0.25, 0.3) is 0 Å². The number of aliphatic carboxylic acids is 1. The van der Waals surface area contributed by atoms with E-state index < -0.39 is 11.8 Å². The first-order valence-corrected chi connectivity index (χ1v) is 10.1. The summed E-state index contributed by atoms with van der Waals surface area (Å²) in [5.41, 5.74) is 2.20. The van der Waals surface area contributed by atoms with Gasteiger partial charge in [0.15, 0.2) is 11.6 Å². The van der Waals surface area contributed by atoms with Crippen LogP contribution in [0.5, 0.6) is 5.75 Å². The average molecular weight is 454 g/mol. The van der Waals surface area contributed by atoms with E-state index in [9.17, 15) is 19.1 Å². The SMILES string of the molecule is CC.CO.O=Cc1ccc(NCCOCCOc2cc(CC(=O)O)ccc2F)cc1CO. The Morgan fingerprint density at radius 3 is 2.44 bits per heavy atom. The molecule has 0 saturated heterocycles. The van der Waals surface area contributed by atoms with Crippen LogP contribution in [0.1, 0.15) is 35.3 Å². The molecule has 2 aromatic rings. The summed E-state index contributed by atoms with van der Waals surface area (Å²) in [5, 5.41) is 28.1. The number of carbonyl (C=O) groups excluding carboxylic acids is 1. The van der Waals surface area contributed by atoms with Gasteiger partial charge in [-0.3, -0.25) is 9.59 Å². The van der Waals surface area contributed by atoms with Gasteiger partial charge in [-0.15, -0.1) is 0 Å². The molecule has 0 aliphatic rings. The van der Waals surface area contributed by atoms with E-state index in [2.05, 4.69) is 5.32 Å². The number of carboxylic acids is 1. The van der Waals surface area contributed by atoms with Crippen molar-refractivity contribution >= 4 is 17.9 Å². The number of hydrogen-bond acceptors (Lipinski definition) is 7. The van der Waals surface area contributed by atoms with Crippen LogP contribution in [0.2, 0.25) is 0 Å². The van der Waals surface area contributed by atoms with E-state index in [1.807, 2.05) is 13.8 Å². The fourth-order valence-corrected chi connectivity index (χ4v) is 2.49. The summed E-state index contributed by atoms with van der Waals surface area (Å²) in [6.45, 7) is 5.00. The Bertz CT molecular complexity index is 815. The third-order valence-electron chi connectivity index (χ3n) is 3.85. The Hall–Kier alpha value is -3.01. The van der Waals surface area contributed by atoms with Crippen LogP contribution in [0.4, 0.5) is 10.1 Å². The highest BCUT2D eigenvalue weighted by Crippen LogP contribution is 2.19. The van der Waals surface area contributed by atoms with E-state index in [1.165, 1.54) is 18.2 Å². The summed E-state index contributed by atoms with van der Waals surface area (Å²) in [6, 6.07) is 9.01. The monoisotopic (exact) mass is 453 g/mol. The molecule has 0 amide bonds. The van der Waals surface area contributed by atoms with E-state index in [0.29, 0.717) is 36.1 Å². The number of halogens is 1. The quantitative estimate of drug-likeness (QED) is 0.286. The summed E-state index contributed by atoms with van der Waals surface area (Å²) in [6.07, 6.45) is 0.489. The lowest BCUT2D eigenvalue weighted by Crippen LogP contribution is -2.14. The lowest BCUT2D eigenvalue weighted by atomic mass is 10.1. The van der Waals surface area contributed by atoms with Crippen LogP contribution in [0, 0.1) is 5.82 Å². The molecule has 0 aromatic heterocycles. The van der Waals surface area contributed by atoms with Crippen LogP contribution in [0.25, 0.3) is 0 Å². The zero-order valence-electron chi connectivity index (χ0n) is 18.6. The topological polar surface area (TPSA) is 125 Å². The van der Waals surface area contributed by atoms with E-state index in [4.69, 9.17) is 19.7 Å². The van der Waals surface area contributed by atoms with Gasteiger partial charge < -0.3 is 30.1 Å². The Morgan fingerprint density at radius 1 is 1.09 bits per heavy atom. The molecule has 0 bridgehead atoms. The van der Waals surface area contributed by atoms with Crippen LogP contribution >= 0.6 is 0 Å². The minimum Gasteiger partial charge on any atom is -0.488 e. The predicted octanol–water partition coefficient (Wildman–Crippen LogP) is 2.90. The second-order valence-corrected chi connectivity index (χ2v) is 5.91. The zero-order valence-corrected chi connectivity index (χ0v) is 18.6. The standard InChI is InChI=1S/C20H22FNO6.C2H6.CH4O/c21-18-4-1-14(10-20(25)26)9-19(18)28-8-7-27-6-5-22-17-3-2-15(12-23)16(11-17)13-24;2*1-2/h1-4,9,11-12,22,24H,5-8,10,13H2,(H,25,26);1-2H3;2H,1H3. The lowest BCUT2D eigenvalue weighted by Gasteiger charge is -2.11. The molecule has 4 N–H and O–H groups in total. The van der Waals surface area contributed by atoms with Crippen molar-refractivity contribution in [3.8, 4) is 5.75 Å². The van der Waals surface area contributed by atoms with Gasteiger partial charge in [-0.05, 0) is 41.5 Å². The molecule has 0 unspecified atom stereocenters. The molecule has 2 rings (SSSR count). The molecule has 0 fully saturated rings. The molecular formula is C23H32FNO7. The third kappa shape index (κ3) is 10.9. The fourth-order valence-electron chi connectivity index (χ4n) is 2.49. The van der Waals surface area contributed by atoms with E-state index in [1.54, 1.807) is 18.2 Å². The van der Waals surface area contributed by atoms with Gasteiger partial charge in [0.2, 0.25) is 0 Å². The number of rotatable bonds is 12. The molecule has 8 nitrogen and oxygen atoms in total. The van der Waals surface area contributed by atoms with Gasteiger partial charge in [0.05, 0.1) is 26.2 Å². The summed E-state index contributed by atoms with van der Waals surface area (Å²) >= 11 is 0. The Labute approximate surface area is 187 Å². The highest BCUT2D eigenvalue weighted by molar-refractivity contribution is 5.78. The highest BCUT2D eigenvalue weighted by Gasteiger charge is 2.07. The molecule has 0 heterocycles. The van der Waals surface area contributed by atoms with Crippen LogP contribution in [-0.4, -0.2) is 61.1 Å². The maximum Gasteiger partial charge on any atom is 0.307 e. The molecule has 0 saturated carbocycles. The number of aliphatic hydroxyl groups excluding tert-OH is 2. The molecule has 9 heteroatoms. The number of carbonyl (C=O) groups is 2. The van der Waals surface area contributed by atoms with Gasteiger partial charge in [-0.1, -0.05) is 19.9 Å². The minimum absolute atomic E-state index is 0.00715. The molecule has 178 valence electrons. The van der Waals surface area contributed by atoms with Crippen molar-refractivity contribution in [2.24, 2.45) is 0 Å². The van der Waals surface area contributed by atoms with Crippen LogP contribution < -0.4 is 10.1 Å². The van der Waals surface area contributed by atoms with E-state index in [-0.39, 0.29) is 32.0 Å². The fraction of sp³-hybridized carbons (Fsp3) is 0.391. The number of benzene rings is 2. The largest absolute Gasteiger partial charge is 0.488 e. The van der Waals surface area contributed by atoms with Crippen LogP contribution in [0.3, 0.4) is 0 Å². The molecule has 0 aliphatic heterocycles. The first-order valence-electron chi connectivity index (χ1n) is 10.1. The Kier molecular flexibility index (Phi) is 16.0. The maximum absolute atomic E-state index is 13.7. The van der Waals surface area contributed by atoms with Crippen molar-refractivity contribution in [2.45, 2.75) is 26.9 Å². The average Bonchev–Trinajstić information content (AvgIpc) is 2.82. The Balaban J connectivity index is 0.00000227. The number of aliphatic hydroxyl groups is 2. The summed E-state index contributed by atoms with van der Waals surface area (Å²) in [4.78, 5) is 21.5. The van der Waals surface area contributed by atoms with Crippen molar-refractivity contribution in [1.82, 2.24) is 0 Å². The summed E-state index contributed by atoms with van der Waals surface area (Å²) < 4.78 is 24.4. The van der Waals surface area contributed by atoms with E-state index in [0.717, 1.165) is 12.8 Å². The van der Waals surface area contributed by atoms with Gasteiger partial charge in [-0.25, -0.2) is 4.39 Å². The molecule has 32 heavy (non-hydrogen) atoms. The first kappa shape index (κ1) is 29.0. The molecular weight excluding hydrogens is 421 g/mol. The number of aldehydes is 1. The van der Waals surface area contributed by atoms with Gasteiger partial charge >= 0.3 is 5.97 Å². The van der Waals surface area contributed by atoms with Gasteiger partial charge in [0, 0.05) is 24.9 Å². The van der Waals surface area contributed by atoms with Gasteiger partial charge in [0.1, 0.15) is 12.9 Å². The lowest BCUT2D eigenvalue weighted by molar-refractivity contribution is -0.136. The van der Waals surface area contributed by atoms with Crippen molar-refractivity contribution in [3.05, 3.63) is 58.9 Å². The second-order valence-electron chi connectivity index (χ2n) is 5.91. The second kappa shape index (κ2) is 17.6. The van der Waals surface area contributed by atoms with Crippen LogP contribution in [-0.2, 0) is 22.6 Å².